The van der Waals surface area contributed by atoms with Crippen molar-refractivity contribution in [3.63, 3.8) is 0 Å². The first kappa shape index (κ1) is 7.15. The molecule has 0 saturated carbocycles. The van der Waals surface area contributed by atoms with Crippen molar-refractivity contribution in [3.8, 4) is 0 Å². The molecule has 1 atom stereocenters. The zero-order valence-corrected chi connectivity index (χ0v) is 5.89. The van der Waals surface area contributed by atoms with Crippen molar-refractivity contribution in [2.45, 2.75) is 19.4 Å². The van der Waals surface area contributed by atoms with Crippen LogP contribution in [0.5, 0.6) is 0 Å². The third-order valence-corrected chi connectivity index (χ3v) is 1.38. The molecule has 0 aromatic rings. The van der Waals surface area contributed by atoms with Crippen LogP contribution < -0.4 is 5.73 Å². The quantitative estimate of drug-likeness (QED) is 0.556. The zero-order chi connectivity index (χ0) is 5.86. The summed E-state index contributed by atoms with van der Waals surface area (Å²) in [6.45, 7) is 1.87. The Morgan fingerprint density at radius 2 is 2.43 bits per heavy atom. The third-order valence-electron chi connectivity index (χ3n) is 0.743. The van der Waals surface area contributed by atoms with Gasteiger partial charge in [-0.15, -0.1) is 0 Å². The molecule has 7 heavy (non-hydrogen) atoms. The molecule has 0 aliphatic carbocycles. The fraction of sp³-hybridized carbons (Fsp3) is 0.750. The van der Waals surface area contributed by atoms with Gasteiger partial charge < -0.3 is 0 Å². The average molecular weight is 165 g/mol. The van der Waals surface area contributed by atoms with E-state index in [1.165, 1.54) is 0 Å². The van der Waals surface area contributed by atoms with Gasteiger partial charge in [0.2, 0.25) is 0 Å². The second kappa shape index (κ2) is 3.19. The summed E-state index contributed by atoms with van der Waals surface area (Å²) in [5.74, 6) is 0. The molecule has 0 spiro atoms. The van der Waals surface area contributed by atoms with Crippen LogP contribution in [0, 0.1) is 0 Å². The fourth-order valence-corrected chi connectivity index (χ4v) is 0.516. The molecule has 0 aliphatic heterocycles. The van der Waals surface area contributed by atoms with E-state index in [-0.39, 0.29) is 10.7 Å². The van der Waals surface area contributed by atoms with Crippen LogP contribution in [-0.4, -0.2) is 26.7 Å². The Morgan fingerprint density at radius 1 is 2.00 bits per heavy atom. The average Bonchev–Trinajstić information content (AvgIpc) is 1.65. The molecular formula is C4H8NOSe. The van der Waals surface area contributed by atoms with Crippen molar-refractivity contribution >= 4 is 20.7 Å². The monoisotopic (exact) mass is 166 g/mol. The summed E-state index contributed by atoms with van der Waals surface area (Å²) >= 11 is 2.33. The normalized spacial score (nSPS) is 13.4. The van der Waals surface area contributed by atoms with Crippen LogP contribution in [0.15, 0.2) is 0 Å². The molecule has 0 amide bonds. The Labute approximate surface area is 51.3 Å². The third kappa shape index (κ3) is 2.80. The van der Waals surface area contributed by atoms with Crippen LogP contribution in [0.1, 0.15) is 13.3 Å². The first-order valence-corrected chi connectivity index (χ1v) is 3.00. The number of carbonyl (C=O) groups excluding carboxylic acids is 1. The molecule has 0 saturated heterocycles. The van der Waals surface area contributed by atoms with Crippen LogP contribution in [0.3, 0.4) is 0 Å². The molecule has 0 aromatic heterocycles. The van der Waals surface area contributed by atoms with Gasteiger partial charge >= 0.3 is 50.6 Å². The van der Waals surface area contributed by atoms with E-state index in [4.69, 9.17) is 5.73 Å². The molecule has 0 aromatic carbocycles. The Balaban J connectivity index is 3.34. The van der Waals surface area contributed by atoms with Crippen LogP contribution in [0.4, 0.5) is 0 Å². The van der Waals surface area contributed by atoms with Gasteiger partial charge in [-0.25, -0.2) is 0 Å². The van der Waals surface area contributed by atoms with Gasteiger partial charge in [0.05, 0.1) is 0 Å². The second-order valence-corrected chi connectivity index (χ2v) is 2.18. The number of hydrogen-bond donors (Lipinski definition) is 1. The van der Waals surface area contributed by atoms with Gasteiger partial charge in [-0.2, -0.15) is 0 Å². The van der Waals surface area contributed by atoms with Crippen LogP contribution in [-0.2, 0) is 4.79 Å². The summed E-state index contributed by atoms with van der Waals surface area (Å²) in [5.41, 5.74) is 5.23. The van der Waals surface area contributed by atoms with Crippen molar-refractivity contribution in [3.05, 3.63) is 0 Å². The van der Waals surface area contributed by atoms with E-state index < -0.39 is 0 Å². The minimum absolute atomic E-state index is 0.0532. The maximum atomic E-state index is 10.2. The Kier molecular flexibility index (Phi) is 3.26. The van der Waals surface area contributed by atoms with E-state index in [2.05, 4.69) is 16.0 Å². The van der Waals surface area contributed by atoms with E-state index in [0.717, 1.165) is 0 Å². The fourth-order valence-electron chi connectivity index (χ4n) is 0.167. The summed E-state index contributed by atoms with van der Waals surface area (Å²) in [4.78, 5) is 10.2. The van der Waals surface area contributed by atoms with Crippen LogP contribution >= 0.6 is 0 Å². The number of carbonyl (C=O) groups is 1. The van der Waals surface area contributed by atoms with Crippen molar-refractivity contribution in [2.24, 2.45) is 5.73 Å². The molecule has 0 unspecified atom stereocenters. The molecule has 0 bridgehead atoms. The van der Waals surface area contributed by atoms with Gasteiger partial charge in [0, 0.05) is 0 Å². The SMILES string of the molecule is CC[C@H](N)C(=O)[Se]. The van der Waals surface area contributed by atoms with Crippen molar-refractivity contribution in [1.82, 2.24) is 0 Å². The van der Waals surface area contributed by atoms with E-state index in [9.17, 15) is 4.79 Å². The molecule has 2 N–H and O–H groups in total. The van der Waals surface area contributed by atoms with Gasteiger partial charge in [-0.3, -0.25) is 0 Å². The van der Waals surface area contributed by atoms with Gasteiger partial charge in [-0.05, 0) is 0 Å². The topological polar surface area (TPSA) is 43.1 Å². The van der Waals surface area contributed by atoms with Crippen LogP contribution in [0.2, 0.25) is 0 Å². The Bertz CT molecular complexity index is 74.1. The number of hydrogen-bond acceptors (Lipinski definition) is 2. The van der Waals surface area contributed by atoms with Crippen molar-refractivity contribution in [2.75, 3.05) is 0 Å². The summed E-state index contributed by atoms with van der Waals surface area (Å²) in [6.07, 6.45) is 0.714. The molecule has 0 rings (SSSR count). The number of rotatable bonds is 2. The van der Waals surface area contributed by atoms with Crippen LogP contribution in [0.25, 0.3) is 0 Å². The summed E-state index contributed by atoms with van der Waals surface area (Å²) in [6, 6.07) is -0.292. The van der Waals surface area contributed by atoms with Crippen molar-refractivity contribution < 1.29 is 4.79 Å². The van der Waals surface area contributed by atoms with E-state index >= 15 is 0 Å². The standard InChI is InChI=1S/C4H8NOSe/c1-2-3(5)4(6)7/h3H,2,5H2,1H3/t3-/m0/s1. The van der Waals surface area contributed by atoms with E-state index in [1.54, 1.807) is 0 Å². The van der Waals surface area contributed by atoms with Gasteiger partial charge in [0.1, 0.15) is 0 Å². The molecular weight excluding hydrogens is 157 g/mol. The molecule has 2 nitrogen and oxygen atoms in total. The molecule has 1 radical (unpaired) electrons. The van der Waals surface area contributed by atoms with E-state index in [0.29, 0.717) is 6.42 Å². The zero-order valence-electron chi connectivity index (χ0n) is 4.18. The molecule has 0 aliphatic rings. The minimum atomic E-state index is -0.292. The molecule has 0 fully saturated rings. The summed E-state index contributed by atoms with van der Waals surface area (Å²) in [7, 11) is 0. The Hall–Kier alpha value is 0.149. The van der Waals surface area contributed by atoms with Gasteiger partial charge in [-0.1, -0.05) is 0 Å². The predicted octanol–water partition coefficient (Wildman–Crippen LogP) is -0.581. The maximum absolute atomic E-state index is 10.2. The second-order valence-electron chi connectivity index (χ2n) is 1.33. The van der Waals surface area contributed by atoms with Crippen molar-refractivity contribution in [1.29, 1.82) is 0 Å². The first-order chi connectivity index (χ1) is 3.18. The first-order valence-electron chi connectivity index (χ1n) is 2.15. The Morgan fingerprint density at radius 3 is 2.43 bits per heavy atom. The summed E-state index contributed by atoms with van der Waals surface area (Å²) in [5, 5.41) is 0. The van der Waals surface area contributed by atoms with E-state index in [1.807, 2.05) is 6.92 Å². The van der Waals surface area contributed by atoms with Gasteiger partial charge in [0.15, 0.2) is 0 Å². The molecule has 0 heterocycles. The molecule has 41 valence electrons. The van der Waals surface area contributed by atoms with Gasteiger partial charge in [0.25, 0.3) is 0 Å². The predicted molar refractivity (Wildman–Crippen MR) is 29.0 cm³/mol. The molecule has 3 heteroatoms. The summed E-state index contributed by atoms with van der Waals surface area (Å²) < 4.78 is -0.0532. The number of nitrogens with two attached hydrogens (primary N) is 1.